The van der Waals surface area contributed by atoms with Gasteiger partial charge < -0.3 is 20.5 Å². The van der Waals surface area contributed by atoms with Gasteiger partial charge in [0.25, 0.3) is 0 Å². The molecule has 0 saturated carbocycles. The average Bonchev–Trinajstić information content (AvgIpc) is 2.52. The van der Waals surface area contributed by atoms with Crippen molar-refractivity contribution in [2.75, 3.05) is 13.2 Å². The lowest BCUT2D eigenvalue weighted by Gasteiger charge is -2.38. The number of nitrogens with one attached hydrogen (secondary N) is 2. The van der Waals surface area contributed by atoms with Gasteiger partial charge >= 0.3 is 6.03 Å². The van der Waals surface area contributed by atoms with Crippen LogP contribution in [0.15, 0.2) is 0 Å². The standard InChI is InChI=1S/C11H22N2O3/c1-10(2,11(3,4)15)13-9(14)12-8-5-6-16-7-8/h8,15H,5-7H2,1-4H3,(H2,12,13,14). The van der Waals surface area contributed by atoms with E-state index in [0.717, 1.165) is 6.42 Å². The summed E-state index contributed by atoms with van der Waals surface area (Å²) in [6.45, 7) is 8.18. The SMILES string of the molecule is CC(C)(O)C(C)(C)NC(=O)NC1CCOC1. The topological polar surface area (TPSA) is 70.6 Å². The fraction of sp³-hybridized carbons (Fsp3) is 0.909. The summed E-state index contributed by atoms with van der Waals surface area (Å²) in [5.41, 5.74) is -1.66. The predicted octanol–water partition coefficient (Wildman–Crippen LogP) is 0.624. The van der Waals surface area contributed by atoms with Gasteiger partial charge in [0.1, 0.15) is 0 Å². The monoisotopic (exact) mass is 230 g/mol. The summed E-state index contributed by atoms with van der Waals surface area (Å²) in [5, 5.41) is 15.5. The summed E-state index contributed by atoms with van der Waals surface area (Å²) < 4.78 is 5.16. The molecule has 16 heavy (non-hydrogen) atoms. The van der Waals surface area contributed by atoms with E-state index in [0.29, 0.717) is 13.2 Å². The van der Waals surface area contributed by atoms with Crippen molar-refractivity contribution in [3.05, 3.63) is 0 Å². The van der Waals surface area contributed by atoms with Gasteiger partial charge in [-0.1, -0.05) is 0 Å². The minimum Gasteiger partial charge on any atom is -0.388 e. The molecule has 0 spiro atoms. The Morgan fingerprint density at radius 3 is 2.44 bits per heavy atom. The molecule has 1 aliphatic rings. The quantitative estimate of drug-likeness (QED) is 0.666. The largest absolute Gasteiger partial charge is 0.388 e. The van der Waals surface area contributed by atoms with Gasteiger partial charge in [0.05, 0.1) is 23.8 Å². The molecule has 1 unspecified atom stereocenters. The number of hydrogen-bond acceptors (Lipinski definition) is 3. The molecule has 1 aliphatic heterocycles. The van der Waals surface area contributed by atoms with Crippen LogP contribution in [-0.2, 0) is 4.74 Å². The molecule has 0 aromatic heterocycles. The first-order valence-corrected chi connectivity index (χ1v) is 5.61. The zero-order valence-electron chi connectivity index (χ0n) is 10.5. The molecule has 3 N–H and O–H groups in total. The van der Waals surface area contributed by atoms with Gasteiger partial charge in [0.15, 0.2) is 0 Å². The van der Waals surface area contributed by atoms with Gasteiger partial charge in [0.2, 0.25) is 0 Å². The van der Waals surface area contributed by atoms with E-state index in [-0.39, 0.29) is 12.1 Å². The molecule has 5 nitrogen and oxygen atoms in total. The second kappa shape index (κ2) is 4.59. The molecule has 5 heteroatoms. The number of carbonyl (C=O) groups is 1. The van der Waals surface area contributed by atoms with Crippen molar-refractivity contribution in [2.45, 2.75) is 51.3 Å². The van der Waals surface area contributed by atoms with E-state index in [1.807, 2.05) is 0 Å². The molecule has 2 amide bonds. The van der Waals surface area contributed by atoms with E-state index in [1.165, 1.54) is 0 Å². The van der Waals surface area contributed by atoms with Gasteiger partial charge in [-0.25, -0.2) is 4.79 Å². The third kappa shape index (κ3) is 3.35. The molecule has 1 atom stereocenters. The number of rotatable bonds is 3. The Bertz CT molecular complexity index is 252. The normalized spacial score (nSPS) is 21.9. The highest BCUT2D eigenvalue weighted by Gasteiger charge is 2.36. The molecule has 0 bridgehead atoms. The zero-order valence-corrected chi connectivity index (χ0v) is 10.5. The molecule has 0 aromatic rings. The minimum atomic E-state index is -0.976. The Morgan fingerprint density at radius 1 is 1.38 bits per heavy atom. The minimum absolute atomic E-state index is 0.0811. The highest BCUT2D eigenvalue weighted by Crippen LogP contribution is 2.20. The molecule has 0 aromatic carbocycles. The third-order valence-corrected chi connectivity index (χ3v) is 3.22. The van der Waals surface area contributed by atoms with E-state index in [9.17, 15) is 9.90 Å². The summed E-state index contributed by atoms with van der Waals surface area (Å²) in [6, 6.07) is -0.180. The molecule has 0 aliphatic carbocycles. The fourth-order valence-corrected chi connectivity index (χ4v) is 1.31. The fourth-order valence-electron chi connectivity index (χ4n) is 1.31. The molecule has 94 valence electrons. The smallest absolute Gasteiger partial charge is 0.315 e. The van der Waals surface area contributed by atoms with Gasteiger partial charge in [-0.2, -0.15) is 0 Å². The Kier molecular flexibility index (Phi) is 3.80. The third-order valence-electron chi connectivity index (χ3n) is 3.22. The van der Waals surface area contributed by atoms with Gasteiger partial charge in [-0.05, 0) is 34.1 Å². The van der Waals surface area contributed by atoms with Gasteiger partial charge in [-0.15, -0.1) is 0 Å². The second-order valence-corrected chi connectivity index (χ2v) is 5.34. The average molecular weight is 230 g/mol. The summed E-state index contributed by atoms with van der Waals surface area (Å²) in [6.07, 6.45) is 0.844. The lowest BCUT2D eigenvalue weighted by Crippen LogP contribution is -2.60. The molecular weight excluding hydrogens is 208 g/mol. The van der Waals surface area contributed by atoms with E-state index >= 15 is 0 Å². The number of carbonyl (C=O) groups excluding carboxylic acids is 1. The van der Waals surface area contributed by atoms with Crippen molar-refractivity contribution in [1.29, 1.82) is 0 Å². The lowest BCUT2D eigenvalue weighted by molar-refractivity contribution is 0.000851. The highest BCUT2D eigenvalue weighted by atomic mass is 16.5. The Morgan fingerprint density at radius 2 is 2.00 bits per heavy atom. The van der Waals surface area contributed by atoms with Crippen LogP contribution in [0.3, 0.4) is 0 Å². The van der Waals surface area contributed by atoms with E-state index < -0.39 is 11.1 Å². The van der Waals surface area contributed by atoms with Crippen LogP contribution < -0.4 is 10.6 Å². The molecule has 1 saturated heterocycles. The second-order valence-electron chi connectivity index (χ2n) is 5.34. The molecule has 1 rings (SSSR count). The van der Waals surface area contributed by atoms with Crippen LogP contribution in [-0.4, -0.2) is 41.5 Å². The summed E-state index contributed by atoms with van der Waals surface area (Å²) >= 11 is 0. The maximum absolute atomic E-state index is 11.7. The van der Waals surface area contributed by atoms with Crippen molar-refractivity contribution in [3.63, 3.8) is 0 Å². The van der Waals surface area contributed by atoms with Crippen LogP contribution in [0.2, 0.25) is 0 Å². The molecule has 1 fully saturated rings. The number of aliphatic hydroxyl groups is 1. The van der Waals surface area contributed by atoms with Crippen molar-refractivity contribution >= 4 is 6.03 Å². The zero-order chi connectivity index (χ0) is 12.4. The van der Waals surface area contributed by atoms with Crippen molar-refractivity contribution < 1.29 is 14.6 Å². The first-order valence-electron chi connectivity index (χ1n) is 5.61. The van der Waals surface area contributed by atoms with Crippen LogP contribution in [0.5, 0.6) is 0 Å². The van der Waals surface area contributed by atoms with E-state index in [2.05, 4.69) is 10.6 Å². The van der Waals surface area contributed by atoms with Crippen LogP contribution in [0.1, 0.15) is 34.1 Å². The number of ether oxygens (including phenoxy) is 1. The van der Waals surface area contributed by atoms with Crippen molar-refractivity contribution in [2.24, 2.45) is 0 Å². The molecule has 1 heterocycles. The van der Waals surface area contributed by atoms with Gasteiger partial charge in [-0.3, -0.25) is 0 Å². The van der Waals surface area contributed by atoms with Crippen LogP contribution in [0.25, 0.3) is 0 Å². The van der Waals surface area contributed by atoms with E-state index in [1.54, 1.807) is 27.7 Å². The maximum atomic E-state index is 11.7. The van der Waals surface area contributed by atoms with Gasteiger partial charge in [0, 0.05) is 6.61 Å². The number of urea groups is 1. The Balaban J connectivity index is 2.44. The first-order chi connectivity index (χ1) is 7.22. The van der Waals surface area contributed by atoms with Crippen LogP contribution in [0.4, 0.5) is 4.79 Å². The van der Waals surface area contributed by atoms with Crippen molar-refractivity contribution in [1.82, 2.24) is 10.6 Å². The van der Waals surface area contributed by atoms with Crippen LogP contribution in [0, 0.1) is 0 Å². The van der Waals surface area contributed by atoms with Crippen molar-refractivity contribution in [3.8, 4) is 0 Å². The molecule has 0 radical (unpaired) electrons. The van der Waals surface area contributed by atoms with E-state index in [4.69, 9.17) is 4.74 Å². The summed E-state index contributed by atoms with van der Waals surface area (Å²) in [7, 11) is 0. The van der Waals surface area contributed by atoms with Crippen LogP contribution >= 0.6 is 0 Å². The first kappa shape index (κ1) is 13.3. The summed E-state index contributed by atoms with van der Waals surface area (Å²) in [4.78, 5) is 11.7. The predicted molar refractivity (Wildman–Crippen MR) is 61.3 cm³/mol. The molecular formula is C11H22N2O3. The number of hydrogen-bond donors (Lipinski definition) is 3. The Hall–Kier alpha value is -0.810. The Labute approximate surface area is 96.6 Å². The lowest BCUT2D eigenvalue weighted by atomic mass is 9.86. The maximum Gasteiger partial charge on any atom is 0.315 e. The summed E-state index contributed by atoms with van der Waals surface area (Å²) in [5.74, 6) is 0. The highest BCUT2D eigenvalue weighted by molar-refractivity contribution is 5.75. The number of amides is 2.